The summed E-state index contributed by atoms with van der Waals surface area (Å²) < 4.78 is 0. The molecule has 82 valence electrons. The molecule has 0 aliphatic heterocycles. The van der Waals surface area contributed by atoms with Crippen molar-refractivity contribution in [1.29, 1.82) is 0 Å². The smallest absolute Gasteiger partial charge is 0.0662 e. The van der Waals surface area contributed by atoms with Crippen LogP contribution in [0.1, 0.15) is 19.4 Å². The van der Waals surface area contributed by atoms with Gasteiger partial charge in [-0.25, -0.2) is 0 Å². The number of allylic oxidation sites excluding steroid dienone is 2. The summed E-state index contributed by atoms with van der Waals surface area (Å²) in [6.07, 6.45) is 5.29. The molecule has 0 aliphatic rings. The minimum absolute atomic E-state index is 0.575. The first-order valence-electron chi connectivity index (χ1n) is 5.10. The van der Waals surface area contributed by atoms with Gasteiger partial charge in [0.15, 0.2) is 0 Å². The van der Waals surface area contributed by atoms with Gasteiger partial charge in [0.1, 0.15) is 0 Å². The van der Waals surface area contributed by atoms with Crippen LogP contribution in [0, 0.1) is 19.3 Å². The van der Waals surface area contributed by atoms with Crippen molar-refractivity contribution in [2.75, 3.05) is 0 Å². The fourth-order valence-corrected chi connectivity index (χ4v) is 1.28. The van der Waals surface area contributed by atoms with E-state index >= 15 is 0 Å². The quantitative estimate of drug-likeness (QED) is 0.594. The molecule has 1 aromatic carbocycles. The molecule has 1 rings (SSSR count). The van der Waals surface area contributed by atoms with Crippen molar-refractivity contribution < 1.29 is 0 Å². The minimum atomic E-state index is 0.575. The summed E-state index contributed by atoms with van der Waals surface area (Å²) in [5.41, 5.74) is 9.96. The van der Waals surface area contributed by atoms with Gasteiger partial charge in [0.25, 0.3) is 0 Å². The third kappa shape index (κ3) is 2.74. The molecule has 2 heteroatoms. The van der Waals surface area contributed by atoms with Crippen molar-refractivity contribution in [2.24, 2.45) is 10.7 Å². The molecule has 0 unspecified atom stereocenters. The lowest BCUT2D eigenvalue weighted by molar-refractivity contribution is 1.32. The van der Waals surface area contributed by atoms with E-state index in [4.69, 9.17) is 12.2 Å². The zero-order chi connectivity index (χ0) is 12.1. The van der Waals surface area contributed by atoms with E-state index in [-0.39, 0.29) is 0 Å². The van der Waals surface area contributed by atoms with Crippen molar-refractivity contribution in [3.8, 4) is 12.3 Å². The van der Waals surface area contributed by atoms with Crippen LogP contribution in [0.4, 0.5) is 5.69 Å². The van der Waals surface area contributed by atoms with Crippen LogP contribution in [0.2, 0.25) is 0 Å². The van der Waals surface area contributed by atoms with E-state index in [0.717, 1.165) is 22.5 Å². The maximum atomic E-state index is 5.88. The van der Waals surface area contributed by atoms with Crippen molar-refractivity contribution in [3.63, 3.8) is 0 Å². The van der Waals surface area contributed by atoms with E-state index in [9.17, 15) is 0 Å². The fourth-order valence-electron chi connectivity index (χ4n) is 1.28. The number of benzene rings is 1. The molecule has 0 saturated carbocycles. The molecule has 0 bridgehead atoms. The summed E-state index contributed by atoms with van der Waals surface area (Å²) in [6.45, 7) is 5.69. The van der Waals surface area contributed by atoms with Gasteiger partial charge in [-0.2, -0.15) is 0 Å². The van der Waals surface area contributed by atoms with Crippen LogP contribution in [0.5, 0.6) is 0 Å². The second-order valence-electron chi connectivity index (χ2n) is 3.67. The Labute approximate surface area is 96.9 Å². The number of terminal acetylenes is 1. The summed E-state index contributed by atoms with van der Waals surface area (Å²) in [4.78, 5) is 4.47. The normalized spacial score (nSPS) is 13.0. The Morgan fingerprint density at radius 2 is 1.94 bits per heavy atom. The number of nitrogens with zero attached hydrogens (tertiary/aromatic N) is 1. The van der Waals surface area contributed by atoms with Crippen LogP contribution in [-0.2, 0) is 0 Å². The fraction of sp³-hybridized carbons (Fsp3) is 0.214. The molecular formula is C14H16N2. The molecule has 16 heavy (non-hydrogen) atoms. The van der Waals surface area contributed by atoms with E-state index in [0.29, 0.717) is 5.70 Å². The van der Waals surface area contributed by atoms with E-state index in [1.54, 1.807) is 0 Å². The second kappa shape index (κ2) is 5.18. The molecule has 0 spiro atoms. The van der Waals surface area contributed by atoms with Gasteiger partial charge in [-0.3, -0.25) is 4.99 Å². The Hall–Kier alpha value is -2.01. The predicted molar refractivity (Wildman–Crippen MR) is 69.7 cm³/mol. The molecule has 0 heterocycles. The van der Waals surface area contributed by atoms with Crippen molar-refractivity contribution >= 4 is 11.4 Å². The van der Waals surface area contributed by atoms with E-state index in [1.807, 2.05) is 45.0 Å². The standard InChI is InChI=1S/C14H16N2/c1-5-10(2)14(15)12(4)16-13-9-7-6-8-11(13)3/h1,6-9H,15H2,2-4H3/b14-10+,16-12-. The highest BCUT2D eigenvalue weighted by molar-refractivity contribution is 6.00. The number of aliphatic imine (C=N–C) groups is 1. The molecule has 0 fully saturated rings. The first-order chi connectivity index (χ1) is 7.56. The molecule has 0 atom stereocenters. The molecular weight excluding hydrogens is 196 g/mol. The van der Waals surface area contributed by atoms with E-state index in [2.05, 4.69) is 10.9 Å². The third-order valence-corrected chi connectivity index (χ3v) is 2.41. The molecule has 2 nitrogen and oxygen atoms in total. The maximum absolute atomic E-state index is 5.88. The highest BCUT2D eigenvalue weighted by Gasteiger charge is 2.01. The number of rotatable bonds is 2. The summed E-state index contributed by atoms with van der Waals surface area (Å²) in [5, 5.41) is 0. The third-order valence-electron chi connectivity index (χ3n) is 2.41. The van der Waals surface area contributed by atoms with Gasteiger partial charge in [-0.05, 0) is 32.4 Å². The van der Waals surface area contributed by atoms with Crippen LogP contribution in [-0.4, -0.2) is 5.71 Å². The Bertz CT molecular complexity index is 488. The molecule has 0 aromatic heterocycles. The number of hydrogen-bond acceptors (Lipinski definition) is 2. The van der Waals surface area contributed by atoms with Gasteiger partial charge in [-0.15, -0.1) is 6.42 Å². The van der Waals surface area contributed by atoms with Crippen molar-refractivity contribution in [3.05, 3.63) is 41.1 Å². The Balaban J connectivity index is 3.13. The summed E-state index contributed by atoms with van der Waals surface area (Å²) in [7, 11) is 0. The lowest BCUT2D eigenvalue weighted by Crippen LogP contribution is -2.09. The largest absolute Gasteiger partial charge is 0.397 e. The zero-order valence-electron chi connectivity index (χ0n) is 9.91. The first kappa shape index (κ1) is 12.1. The van der Waals surface area contributed by atoms with Gasteiger partial charge in [0.2, 0.25) is 0 Å². The summed E-state index contributed by atoms with van der Waals surface area (Å²) in [5.74, 6) is 2.52. The molecule has 0 amide bonds. The Morgan fingerprint density at radius 3 is 2.50 bits per heavy atom. The van der Waals surface area contributed by atoms with Gasteiger partial charge in [0, 0.05) is 5.57 Å². The number of aryl methyl sites for hydroxylation is 1. The number of hydrogen-bond donors (Lipinski definition) is 1. The van der Waals surface area contributed by atoms with Gasteiger partial charge >= 0.3 is 0 Å². The molecule has 0 aliphatic carbocycles. The van der Waals surface area contributed by atoms with Crippen LogP contribution in [0.3, 0.4) is 0 Å². The zero-order valence-corrected chi connectivity index (χ0v) is 9.91. The minimum Gasteiger partial charge on any atom is -0.397 e. The predicted octanol–water partition coefficient (Wildman–Crippen LogP) is 2.95. The molecule has 1 aromatic rings. The van der Waals surface area contributed by atoms with Crippen LogP contribution < -0.4 is 5.73 Å². The maximum Gasteiger partial charge on any atom is 0.0662 e. The van der Waals surface area contributed by atoms with Crippen molar-refractivity contribution in [1.82, 2.24) is 0 Å². The Kier molecular flexibility index (Phi) is 3.90. The van der Waals surface area contributed by atoms with Gasteiger partial charge in [0.05, 0.1) is 17.1 Å². The SMILES string of the molecule is C#C/C(C)=C(N)\C(C)=N/c1ccccc1C. The monoisotopic (exact) mass is 212 g/mol. The van der Waals surface area contributed by atoms with Crippen LogP contribution in [0.15, 0.2) is 40.5 Å². The highest BCUT2D eigenvalue weighted by Crippen LogP contribution is 2.18. The van der Waals surface area contributed by atoms with Crippen molar-refractivity contribution in [2.45, 2.75) is 20.8 Å². The Morgan fingerprint density at radius 1 is 1.31 bits per heavy atom. The summed E-state index contributed by atoms with van der Waals surface area (Å²) in [6, 6.07) is 7.90. The highest BCUT2D eigenvalue weighted by atomic mass is 14.8. The number of nitrogens with two attached hydrogens (primary N) is 1. The first-order valence-corrected chi connectivity index (χ1v) is 5.10. The van der Waals surface area contributed by atoms with Gasteiger partial charge < -0.3 is 5.73 Å². The van der Waals surface area contributed by atoms with Crippen LogP contribution in [0.25, 0.3) is 0 Å². The summed E-state index contributed by atoms with van der Waals surface area (Å²) >= 11 is 0. The van der Waals surface area contributed by atoms with E-state index < -0.39 is 0 Å². The lowest BCUT2D eigenvalue weighted by Gasteiger charge is -2.04. The molecule has 0 radical (unpaired) electrons. The lowest BCUT2D eigenvalue weighted by atomic mass is 10.1. The van der Waals surface area contributed by atoms with Crippen LogP contribution >= 0.6 is 0 Å². The second-order valence-corrected chi connectivity index (χ2v) is 3.67. The topological polar surface area (TPSA) is 38.4 Å². The average molecular weight is 212 g/mol. The molecule has 2 N–H and O–H groups in total. The van der Waals surface area contributed by atoms with Gasteiger partial charge in [-0.1, -0.05) is 24.1 Å². The number of para-hydroxylation sites is 1. The average Bonchev–Trinajstić information content (AvgIpc) is 2.30. The molecule has 0 saturated heterocycles. The van der Waals surface area contributed by atoms with E-state index in [1.165, 1.54) is 0 Å².